The first-order valence-corrected chi connectivity index (χ1v) is 6.14. The van der Waals surface area contributed by atoms with Crippen LogP contribution >= 0.6 is 0 Å². The minimum atomic E-state index is -0.185. The number of fused-ring (bicyclic) bond motifs is 1. The van der Waals surface area contributed by atoms with Crippen LogP contribution in [0, 0.1) is 0 Å². The highest BCUT2D eigenvalue weighted by Crippen LogP contribution is 2.10. The molecule has 0 spiro atoms. The van der Waals surface area contributed by atoms with Crippen LogP contribution in [0.4, 0.5) is 5.69 Å². The van der Waals surface area contributed by atoms with E-state index in [-0.39, 0.29) is 5.91 Å². The van der Waals surface area contributed by atoms with E-state index in [0.29, 0.717) is 23.3 Å². The molecule has 3 rings (SSSR count). The van der Waals surface area contributed by atoms with E-state index >= 15 is 0 Å². The van der Waals surface area contributed by atoms with Crippen LogP contribution in [-0.4, -0.2) is 20.5 Å². The third-order valence-corrected chi connectivity index (χ3v) is 2.97. The van der Waals surface area contributed by atoms with Crippen LogP contribution in [0.15, 0.2) is 49.1 Å². The first kappa shape index (κ1) is 12.2. The van der Waals surface area contributed by atoms with Crippen molar-refractivity contribution in [1.29, 1.82) is 0 Å². The molecule has 0 aliphatic heterocycles. The molecule has 0 atom stereocenters. The predicted molar refractivity (Wildman–Crippen MR) is 75.0 cm³/mol. The number of amides is 1. The highest BCUT2D eigenvalue weighted by molar-refractivity contribution is 6.00. The second-order valence-electron chi connectivity index (χ2n) is 4.39. The third kappa shape index (κ3) is 2.31. The van der Waals surface area contributed by atoms with Gasteiger partial charge in [-0.3, -0.25) is 9.78 Å². The zero-order chi connectivity index (χ0) is 13.9. The summed E-state index contributed by atoms with van der Waals surface area (Å²) in [5.74, 6) is -0.185. The molecule has 3 aromatic rings. The number of nitrogens with one attached hydrogen (secondary N) is 1. The van der Waals surface area contributed by atoms with E-state index in [1.165, 1.54) is 6.20 Å². The molecular formula is C14H13N5O. The van der Waals surface area contributed by atoms with E-state index in [1.807, 2.05) is 24.3 Å². The van der Waals surface area contributed by atoms with E-state index < -0.39 is 0 Å². The van der Waals surface area contributed by atoms with Gasteiger partial charge in [-0.05, 0) is 17.7 Å². The van der Waals surface area contributed by atoms with Crippen molar-refractivity contribution in [3.8, 4) is 0 Å². The summed E-state index contributed by atoms with van der Waals surface area (Å²) in [6, 6.07) is 7.41. The Hall–Kier alpha value is -2.89. The van der Waals surface area contributed by atoms with Gasteiger partial charge in [0.2, 0.25) is 0 Å². The predicted octanol–water partition coefficient (Wildman–Crippen LogP) is 1.24. The Morgan fingerprint density at radius 3 is 3.10 bits per heavy atom. The molecule has 6 nitrogen and oxygen atoms in total. The lowest BCUT2D eigenvalue weighted by Crippen LogP contribution is -2.22. The van der Waals surface area contributed by atoms with Crippen LogP contribution in [0.2, 0.25) is 0 Å². The zero-order valence-corrected chi connectivity index (χ0v) is 10.7. The van der Waals surface area contributed by atoms with Gasteiger partial charge in [0.05, 0.1) is 23.5 Å². The van der Waals surface area contributed by atoms with E-state index in [9.17, 15) is 4.79 Å². The number of carbonyl (C=O) groups excluding carboxylic acids is 1. The molecule has 3 N–H and O–H groups in total. The summed E-state index contributed by atoms with van der Waals surface area (Å²) in [6.45, 7) is 0.418. The quantitative estimate of drug-likeness (QED) is 0.699. The Morgan fingerprint density at radius 2 is 2.25 bits per heavy atom. The van der Waals surface area contributed by atoms with Crippen molar-refractivity contribution in [3.63, 3.8) is 0 Å². The number of rotatable bonds is 3. The van der Waals surface area contributed by atoms with Crippen LogP contribution in [0.3, 0.4) is 0 Å². The summed E-state index contributed by atoms with van der Waals surface area (Å²) < 4.78 is 1.61. The van der Waals surface area contributed by atoms with Crippen LogP contribution < -0.4 is 11.1 Å². The van der Waals surface area contributed by atoms with Crippen LogP contribution in [0.25, 0.3) is 5.52 Å². The first-order valence-electron chi connectivity index (χ1n) is 6.14. The lowest BCUT2D eigenvalue weighted by atomic mass is 10.2. The fourth-order valence-corrected chi connectivity index (χ4v) is 1.99. The minimum Gasteiger partial charge on any atom is -0.399 e. The zero-order valence-electron chi connectivity index (χ0n) is 10.7. The Labute approximate surface area is 115 Å². The SMILES string of the molecule is Nc1cccc(CNC(=O)c2cnn3ccncc23)c1. The molecule has 20 heavy (non-hydrogen) atoms. The Morgan fingerprint density at radius 1 is 1.35 bits per heavy atom. The summed E-state index contributed by atoms with van der Waals surface area (Å²) >= 11 is 0. The van der Waals surface area contributed by atoms with E-state index in [4.69, 9.17) is 5.73 Å². The number of nitrogen functional groups attached to an aromatic ring is 1. The number of anilines is 1. The molecular weight excluding hydrogens is 254 g/mol. The monoisotopic (exact) mass is 267 g/mol. The van der Waals surface area contributed by atoms with Crippen LogP contribution in [0.5, 0.6) is 0 Å². The number of benzene rings is 1. The van der Waals surface area contributed by atoms with Gasteiger partial charge in [-0.1, -0.05) is 12.1 Å². The summed E-state index contributed by atoms with van der Waals surface area (Å²) in [5.41, 5.74) is 8.51. The molecule has 6 heteroatoms. The number of nitrogens with zero attached hydrogens (tertiary/aromatic N) is 3. The fraction of sp³-hybridized carbons (Fsp3) is 0.0714. The van der Waals surface area contributed by atoms with E-state index in [1.54, 1.807) is 23.1 Å². The van der Waals surface area contributed by atoms with Crippen molar-refractivity contribution < 1.29 is 4.79 Å². The van der Waals surface area contributed by atoms with Gasteiger partial charge >= 0.3 is 0 Å². The van der Waals surface area contributed by atoms with Gasteiger partial charge in [0, 0.05) is 24.6 Å². The molecule has 0 saturated carbocycles. The second-order valence-corrected chi connectivity index (χ2v) is 4.39. The van der Waals surface area contributed by atoms with Crippen LogP contribution in [-0.2, 0) is 6.54 Å². The molecule has 0 unspecified atom stereocenters. The summed E-state index contributed by atoms with van der Waals surface area (Å²) in [6.07, 6.45) is 6.46. The second kappa shape index (κ2) is 5.00. The molecule has 2 heterocycles. The van der Waals surface area contributed by atoms with Crippen LogP contribution in [0.1, 0.15) is 15.9 Å². The topological polar surface area (TPSA) is 85.3 Å². The van der Waals surface area contributed by atoms with Crippen molar-refractivity contribution in [2.24, 2.45) is 0 Å². The van der Waals surface area contributed by atoms with E-state index in [2.05, 4.69) is 15.4 Å². The van der Waals surface area contributed by atoms with Crippen molar-refractivity contribution >= 4 is 17.1 Å². The summed E-state index contributed by atoms with van der Waals surface area (Å²) in [4.78, 5) is 16.2. The van der Waals surface area contributed by atoms with E-state index in [0.717, 1.165) is 5.56 Å². The fourth-order valence-electron chi connectivity index (χ4n) is 1.99. The lowest BCUT2D eigenvalue weighted by molar-refractivity contribution is 0.0952. The molecule has 1 amide bonds. The maximum Gasteiger partial charge on any atom is 0.255 e. The summed E-state index contributed by atoms with van der Waals surface area (Å²) in [7, 11) is 0. The maximum absolute atomic E-state index is 12.2. The highest BCUT2D eigenvalue weighted by atomic mass is 16.1. The Kier molecular flexibility index (Phi) is 3.04. The molecule has 0 aliphatic carbocycles. The molecule has 0 fully saturated rings. The number of hydrogen-bond donors (Lipinski definition) is 2. The van der Waals surface area contributed by atoms with Gasteiger partial charge in [-0.25, -0.2) is 4.52 Å². The van der Waals surface area contributed by atoms with Crippen molar-refractivity contribution in [2.75, 3.05) is 5.73 Å². The normalized spacial score (nSPS) is 10.6. The van der Waals surface area contributed by atoms with Gasteiger partial charge in [-0.2, -0.15) is 5.10 Å². The largest absolute Gasteiger partial charge is 0.399 e. The Bertz CT molecular complexity index is 765. The molecule has 0 radical (unpaired) electrons. The van der Waals surface area contributed by atoms with Gasteiger partial charge in [0.1, 0.15) is 0 Å². The first-order chi connectivity index (χ1) is 9.74. The number of aromatic nitrogens is 3. The van der Waals surface area contributed by atoms with Gasteiger partial charge in [-0.15, -0.1) is 0 Å². The standard InChI is InChI=1S/C14H13N5O/c15-11-3-1-2-10(6-11)7-17-14(20)12-8-18-19-5-4-16-9-13(12)19/h1-6,8-9H,7,15H2,(H,17,20). The van der Waals surface area contributed by atoms with Crippen molar-refractivity contribution in [3.05, 3.63) is 60.2 Å². The highest BCUT2D eigenvalue weighted by Gasteiger charge is 2.12. The van der Waals surface area contributed by atoms with Gasteiger partial charge in [0.25, 0.3) is 5.91 Å². The van der Waals surface area contributed by atoms with Crippen molar-refractivity contribution in [1.82, 2.24) is 19.9 Å². The molecule has 100 valence electrons. The molecule has 0 bridgehead atoms. The maximum atomic E-state index is 12.2. The smallest absolute Gasteiger partial charge is 0.255 e. The Balaban J connectivity index is 1.76. The molecule has 0 saturated heterocycles. The molecule has 2 aromatic heterocycles. The van der Waals surface area contributed by atoms with Crippen molar-refractivity contribution in [2.45, 2.75) is 6.54 Å². The number of carbonyl (C=O) groups is 1. The lowest BCUT2D eigenvalue weighted by Gasteiger charge is -2.05. The number of hydrogen-bond acceptors (Lipinski definition) is 4. The minimum absolute atomic E-state index is 0.185. The molecule has 0 aliphatic rings. The number of nitrogens with two attached hydrogens (primary N) is 1. The average Bonchev–Trinajstić information content (AvgIpc) is 2.89. The van der Waals surface area contributed by atoms with Gasteiger partial charge in [0.15, 0.2) is 0 Å². The molecule has 1 aromatic carbocycles. The average molecular weight is 267 g/mol. The third-order valence-electron chi connectivity index (χ3n) is 2.97. The summed E-state index contributed by atoms with van der Waals surface area (Å²) in [5, 5.41) is 6.95. The van der Waals surface area contributed by atoms with Gasteiger partial charge < -0.3 is 11.1 Å².